The van der Waals surface area contributed by atoms with E-state index in [0.29, 0.717) is 6.04 Å². The average Bonchev–Trinajstić information content (AvgIpc) is 2.25. The van der Waals surface area contributed by atoms with Gasteiger partial charge in [0.2, 0.25) is 0 Å². The fourth-order valence-electron chi connectivity index (χ4n) is 1.98. The summed E-state index contributed by atoms with van der Waals surface area (Å²) in [5.41, 5.74) is 0. The number of ether oxygens (including phenoxy) is 1. The monoisotopic (exact) mass is 215 g/mol. The maximum absolute atomic E-state index is 5.29. The molecule has 0 aromatic rings. The van der Waals surface area contributed by atoms with Crippen LogP contribution in [0.2, 0.25) is 0 Å². The van der Waals surface area contributed by atoms with Crippen LogP contribution in [-0.2, 0) is 4.74 Å². The summed E-state index contributed by atoms with van der Waals surface area (Å²) >= 11 is 0. The van der Waals surface area contributed by atoms with Crippen molar-refractivity contribution in [3.05, 3.63) is 0 Å². The number of rotatable bonds is 6. The lowest BCUT2D eigenvalue weighted by Crippen LogP contribution is -2.53. The predicted molar refractivity (Wildman–Crippen MR) is 63.3 cm³/mol. The van der Waals surface area contributed by atoms with Gasteiger partial charge >= 0.3 is 0 Å². The van der Waals surface area contributed by atoms with Crippen LogP contribution in [0.1, 0.15) is 6.92 Å². The third-order valence-corrected chi connectivity index (χ3v) is 3.04. The fraction of sp³-hybridized carbons (Fsp3) is 1.00. The summed E-state index contributed by atoms with van der Waals surface area (Å²) in [5, 5.41) is 3.41. The van der Waals surface area contributed by atoms with Crippen LogP contribution in [-0.4, -0.2) is 75.9 Å². The highest BCUT2D eigenvalue weighted by atomic mass is 16.5. The molecular weight excluding hydrogens is 190 g/mol. The standard InChI is InChI=1S/C11H25N3O/c1-4-12-9-11(10-15-3)14-7-5-13(2)6-8-14/h11-12H,4-10H2,1-3H3. The van der Waals surface area contributed by atoms with Crippen molar-refractivity contribution in [2.75, 3.05) is 60.0 Å². The number of methoxy groups -OCH3 is 1. The minimum Gasteiger partial charge on any atom is -0.383 e. The van der Waals surface area contributed by atoms with E-state index in [2.05, 4.69) is 29.1 Å². The largest absolute Gasteiger partial charge is 0.383 e. The minimum absolute atomic E-state index is 0.531. The number of nitrogens with zero attached hydrogens (tertiary/aromatic N) is 2. The fourth-order valence-corrected chi connectivity index (χ4v) is 1.98. The van der Waals surface area contributed by atoms with Crippen LogP contribution in [0, 0.1) is 0 Å². The van der Waals surface area contributed by atoms with E-state index >= 15 is 0 Å². The Labute approximate surface area is 93.6 Å². The second-order valence-corrected chi connectivity index (χ2v) is 4.26. The molecule has 0 saturated carbocycles. The van der Waals surface area contributed by atoms with E-state index in [1.165, 1.54) is 13.1 Å². The molecule has 90 valence electrons. The highest BCUT2D eigenvalue weighted by molar-refractivity contribution is 4.78. The Bertz CT molecular complexity index is 158. The van der Waals surface area contributed by atoms with Crippen LogP contribution in [0.15, 0.2) is 0 Å². The van der Waals surface area contributed by atoms with Gasteiger partial charge in [-0.3, -0.25) is 4.90 Å². The Hall–Kier alpha value is -0.160. The van der Waals surface area contributed by atoms with Gasteiger partial charge in [0.05, 0.1) is 6.61 Å². The first kappa shape index (κ1) is 12.9. The van der Waals surface area contributed by atoms with Crippen molar-refractivity contribution in [1.29, 1.82) is 0 Å². The lowest BCUT2D eigenvalue weighted by atomic mass is 10.2. The summed E-state index contributed by atoms with van der Waals surface area (Å²) in [6.07, 6.45) is 0. The number of likely N-dealkylation sites (N-methyl/N-ethyl adjacent to an activating group) is 2. The van der Waals surface area contributed by atoms with Crippen molar-refractivity contribution in [3.8, 4) is 0 Å². The SMILES string of the molecule is CCNCC(COC)N1CCN(C)CC1. The van der Waals surface area contributed by atoms with Crippen LogP contribution < -0.4 is 5.32 Å². The molecule has 0 radical (unpaired) electrons. The zero-order valence-corrected chi connectivity index (χ0v) is 10.3. The van der Waals surface area contributed by atoms with Crippen molar-refractivity contribution in [1.82, 2.24) is 15.1 Å². The number of nitrogens with one attached hydrogen (secondary N) is 1. The van der Waals surface area contributed by atoms with Crippen molar-refractivity contribution in [2.45, 2.75) is 13.0 Å². The topological polar surface area (TPSA) is 27.7 Å². The smallest absolute Gasteiger partial charge is 0.0630 e. The highest BCUT2D eigenvalue weighted by Gasteiger charge is 2.21. The van der Waals surface area contributed by atoms with E-state index in [1.807, 2.05) is 0 Å². The van der Waals surface area contributed by atoms with Crippen LogP contribution >= 0.6 is 0 Å². The molecule has 1 heterocycles. The van der Waals surface area contributed by atoms with Gasteiger partial charge in [-0.2, -0.15) is 0 Å². The lowest BCUT2D eigenvalue weighted by molar-refractivity contribution is 0.0568. The van der Waals surface area contributed by atoms with Crippen LogP contribution in [0.5, 0.6) is 0 Å². The molecule has 1 aliphatic rings. The molecule has 1 saturated heterocycles. The molecular formula is C11H25N3O. The third-order valence-electron chi connectivity index (χ3n) is 3.04. The van der Waals surface area contributed by atoms with E-state index in [0.717, 1.165) is 32.8 Å². The van der Waals surface area contributed by atoms with Gasteiger partial charge in [0.15, 0.2) is 0 Å². The van der Waals surface area contributed by atoms with Crippen molar-refractivity contribution in [2.24, 2.45) is 0 Å². The normalized spacial score (nSPS) is 21.8. The number of hydrogen-bond donors (Lipinski definition) is 1. The third kappa shape index (κ3) is 4.47. The van der Waals surface area contributed by atoms with Crippen molar-refractivity contribution < 1.29 is 4.74 Å². The van der Waals surface area contributed by atoms with E-state index in [-0.39, 0.29) is 0 Å². The molecule has 0 aromatic heterocycles. The van der Waals surface area contributed by atoms with Gasteiger partial charge in [0.25, 0.3) is 0 Å². The van der Waals surface area contributed by atoms with Gasteiger partial charge in [-0.1, -0.05) is 6.92 Å². The summed E-state index contributed by atoms with van der Waals surface area (Å²) < 4.78 is 5.29. The van der Waals surface area contributed by atoms with Crippen molar-refractivity contribution in [3.63, 3.8) is 0 Å². The Balaban J connectivity index is 2.33. The van der Waals surface area contributed by atoms with E-state index in [1.54, 1.807) is 7.11 Å². The van der Waals surface area contributed by atoms with Crippen molar-refractivity contribution >= 4 is 0 Å². The summed E-state index contributed by atoms with van der Waals surface area (Å²) in [4.78, 5) is 4.92. The quantitative estimate of drug-likeness (QED) is 0.667. The molecule has 0 spiro atoms. The van der Waals surface area contributed by atoms with Gasteiger partial charge in [-0.25, -0.2) is 0 Å². The van der Waals surface area contributed by atoms with E-state index in [9.17, 15) is 0 Å². The Kier molecular flexibility index (Phi) is 6.17. The highest BCUT2D eigenvalue weighted by Crippen LogP contribution is 2.05. The summed E-state index contributed by atoms with van der Waals surface area (Å²) in [5.74, 6) is 0. The van der Waals surface area contributed by atoms with Gasteiger partial charge in [-0.15, -0.1) is 0 Å². The molecule has 15 heavy (non-hydrogen) atoms. The number of piperazine rings is 1. The zero-order valence-electron chi connectivity index (χ0n) is 10.3. The first-order valence-electron chi connectivity index (χ1n) is 5.90. The Morgan fingerprint density at radius 2 is 1.93 bits per heavy atom. The van der Waals surface area contributed by atoms with Gasteiger partial charge in [-0.05, 0) is 13.6 Å². The predicted octanol–water partition coefficient (Wildman–Crippen LogP) is -0.142. The van der Waals surface area contributed by atoms with Crippen LogP contribution in [0.25, 0.3) is 0 Å². The molecule has 1 unspecified atom stereocenters. The maximum Gasteiger partial charge on any atom is 0.0630 e. The molecule has 0 aromatic carbocycles. The average molecular weight is 215 g/mol. The Morgan fingerprint density at radius 3 is 2.47 bits per heavy atom. The maximum atomic E-state index is 5.29. The van der Waals surface area contributed by atoms with E-state index in [4.69, 9.17) is 4.74 Å². The second-order valence-electron chi connectivity index (χ2n) is 4.26. The first-order valence-corrected chi connectivity index (χ1v) is 5.90. The minimum atomic E-state index is 0.531. The molecule has 1 N–H and O–H groups in total. The molecule has 1 rings (SSSR count). The van der Waals surface area contributed by atoms with Gasteiger partial charge in [0.1, 0.15) is 0 Å². The molecule has 4 nitrogen and oxygen atoms in total. The van der Waals surface area contributed by atoms with Gasteiger partial charge < -0.3 is 15.0 Å². The molecule has 0 amide bonds. The number of hydrogen-bond acceptors (Lipinski definition) is 4. The Morgan fingerprint density at radius 1 is 1.27 bits per heavy atom. The molecule has 0 aliphatic carbocycles. The summed E-state index contributed by atoms with van der Waals surface area (Å²) in [7, 11) is 3.97. The zero-order chi connectivity index (χ0) is 11.1. The first-order chi connectivity index (χ1) is 7.27. The lowest BCUT2D eigenvalue weighted by Gasteiger charge is -2.37. The summed E-state index contributed by atoms with van der Waals surface area (Å²) in [6, 6.07) is 0.531. The van der Waals surface area contributed by atoms with Crippen LogP contribution in [0.3, 0.4) is 0 Å². The van der Waals surface area contributed by atoms with Crippen LogP contribution in [0.4, 0.5) is 0 Å². The molecule has 4 heteroatoms. The van der Waals surface area contributed by atoms with E-state index < -0.39 is 0 Å². The second kappa shape index (κ2) is 7.17. The molecule has 1 atom stereocenters. The van der Waals surface area contributed by atoms with Gasteiger partial charge in [0, 0.05) is 45.9 Å². The molecule has 1 aliphatic heterocycles. The summed E-state index contributed by atoms with van der Waals surface area (Å²) in [6.45, 7) is 9.72. The molecule has 1 fully saturated rings. The molecule has 0 bridgehead atoms.